The van der Waals surface area contributed by atoms with E-state index < -0.39 is 0 Å². The molecular formula is C25H29ClN2O. The van der Waals surface area contributed by atoms with Gasteiger partial charge < -0.3 is 9.47 Å². The van der Waals surface area contributed by atoms with Crippen LogP contribution in [0.5, 0.6) is 0 Å². The van der Waals surface area contributed by atoms with Crippen LogP contribution in [-0.4, -0.2) is 34.9 Å². The Hall–Kier alpha value is -2.10. The lowest BCUT2D eigenvalue weighted by Crippen LogP contribution is -2.35. The number of halogens is 1. The maximum atomic E-state index is 12.9. The number of benzene rings is 2. The third-order valence-corrected chi connectivity index (χ3v) is 6.53. The molecule has 2 heterocycles. The second-order valence-electron chi connectivity index (χ2n) is 8.30. The van der Waals surface area contributed by atoms with Crippen LogP contribution < -0.4 is 0 Å². The number of nitrogens with zero attached hydrogens (tertiary/aromatic N) is 2. The van der Waals surface area contributed by atoms with E-state index in [9.17, 15) is 4.79 Å². The Morgan fingerprint density at radius 3 is 2.62 bits per heavy atom. The van der Waals surface area contributed by atoms with Gasteiger partial charge in [-0.25, -0.2) is 0 Å². The molecule has 29 heavy (non-hydrogen) atoms. The number of carbonyl (C=O) groups is 1. The lowest BCUT2D eigenvalue weighted by molar-refractivity contribution is 0.0964. The molecule has 0 aliphatic carbocycles. The Morgan fingerprint density at radius 1 is 1.10 bits per heavy atom. The van der Waals surface area contributed by atoms with Crippen LogP contribution in [0, 0.1) is 5.92 Å². The second kappa shape index (κ2) is 9.15. The molecule has 3 nitrogen and oxygen atoms in total. The van der Waals surface area contributed by atoms with Crippen LogP contribution in [0.3, 0.4) is 0 Å². The largest absolute Gasteiger partial charge is 0.350 e. The van der Waals surface area contributed by atoms with Gasteiger partial charge in [-0.15, -0.1) is 0 Å². The van der Waals surface area contributed by atoms with E-state index in [0.717, 1.165) is 48.9 Å². The first kappa shape index (κ1) is 20.2. The highest BCUT2D eigenvalue weighted by atomic mass is 35.5. The van der Waals surface area contributed by atoms with Gasteiger partial charge in [0.15, 0.2) is 5.78 Å². The molecule has 4 rings (SSSR count). The lowest BCUT2D eigenvalue weighted by atomic mass is 9.90. The monoisotopic (exact) mass is 408 g/mol. The zero-order valence-corrected chi connectivity index (χ0v) is 17.9. The lowest BCUT2D eigenvalue weighted by Gasteiger charge is -2.31. The number of hydrogen-bond donors (Lipinski definition) is 0. The van der Waals surface area contributed by atoms with Crippen molar-refractivity contribution in [2.75, 3.05) is 19.6 Å². The summed E-state index contributed by atoms with van der Waals surface area (Å²) in [4.78, 5) is 15.5. The van der Waals surface area contributed by atoms with E-state index in [2.05, 4.69) is 35.2 Å². The van der Waals surface area contributed by atoms with Gasteiger partial charge in [0.2, 0.25) is 0 Å². The third-order valence-electron chi connectivity index (χ3n) is 6.30. The molecule has 1 fully saturated rings. The zero-order valence-electron chi connectivity index (χ0n) is 17.1. The molecule has 1 aliphatic heterocycles. The van der Waals surface area contributed by atoms with Crippen molar-refractivity contribution in [3.63, 3.8) is 0 Å². The summed E-state index contributed by atoms with van der Waals surface area (Å²) in [6.45, 7) is 3.43. The molecule has 0 saturated carbocycles. The van der Waals surface area contributed by atoms with Crippen molar-refractivity contribution in [2.24, 2.45) is 13.0 Å². The summed E-state index contributed by atoms with van der Waals surface area (Å²) < 4.78 is 2.02. The van der Waals surface area contributed by atoms with E-state index in [0.29, 0.717) is 17.4 Å². The number of carbonyl (C=O) groups excluding carboxylic acids is 1. The van der Waals surface area contributed by atoms with Gasteiger partial charge in [0.05, 0.1) is 0 Å². The standard InChI is InChI=1S/C25H29ClN2O/c1-27-18-23(22-17-21(26)8-9-24(22)27)25(29)10-7-20-12-15-28(16-13-20)14-11-19-5-3-2-4-6-19/h2-6,8-9,17-18,20H,7,10-16H2,1H3. The Morgan fingerprint density at radius 2 is 1.86 bits per heavy atom. The maximum Gasteiger partial charge on any atom is 0.165 e. The van der Waals surface area contributed by atoms with E-state index in [1.54, 1.807) is 0 Å². The average molecular weight is 409 g/mol. The second-order valence-corrected chi connectivity index (χ2v) is 8.73. The molecule has 0 N–H and O–H groups in total. The van der Waals surface area contributed by atoms with Gasteiger partial charge in [-0.05, 0) is 68.5 Å². The van der Waals surface area contributed by atoms with Crippen molar-refractivity contribution >= 4 is 28.3 Å². The number of aryl methyl sites for hydroxylation is 1. The molecule has 0 unspecified atom stereocenters. The topological polar surface area (TPSA) is 25.2 Å². The minimum atomic E-state index is 0.240. The van der Waals surface area contributed by atoms with Crippen LogP contribution >= 0.6 is 11.6 Å². The first-order valence-corrected chi connectivity index (χ1v) is 11.0. The predicted octanol–water partition coefficient (Wildman–Crippen LogP) is 5.75. The van der Waals surface area contributed by atoms with Crippen LogP contribution in [0.1, 0.15) is 41.6 Å². The molecule has 0 amide bonds. The number of hydrogen-bond acceptors (Lipinski definition) is 2. The highest BCUT2D eigenvalue weighted by Crippen LogP contribution is 2.28. The highest BCUT2D eigenvalue weighted by molar-refractivity contribution is 6.31. The van der Waals surface area contributed by atoms with Gasteiger partial charge in [-0.2, -0.15) is 0 Å². The number of piperidine rings is 1. The molecule has 2 aromatic carbocycles. The molecule has 0 bridgehead atoms. The van der Waals surface area contributed by atoms with Gasteiger partial charge in [0.25, 0.3) is 0 Å². The minimum Gasteiger partial charge on any atom is -0.350 e. The molecule has 1 aromatic heterocycles. The fourth-order valence-electron chi connectivity index (χ4n) is 4.49. The van der Waals surface area contributed by atoms with E-state index in [1.165, 1.54) is 18.4 Å². The van der Waals surface area contributed by atoms with Gasteiger partial charge in [0, 0.05) is 47.7 Å². The molecule has 0 radical (unpaired) electrons. The molecule has 0 atom stereocenters. The van der Waals surface area contributed by atoms with Crippen LogP contribution in [0.4, 0.5) is 0 Å². The van der Waals surface area contributed by atoms with Crippen molar-refractivity contribution < 1.29 is 4.79 Å². The first-order chi connectivity index (χ1) is 14.1. The summed E-state index contributed by atoms with van der Waals surface area (Å²) in [5.74, 6) is 0.898. The van der Waals surface area contributed by atoms with Crippen molar-refractivity contribution in [1.82, 2.24) is 9.47 Å². The van der Waals surface area contributed by atoms with Crippen LogP contribution in [-0.2, 0) is 13.5 Å². The predicted molar refractivity (Wildman–Crippen MR) is 121 cm³/mol. The molecule has 1 aliphatic rings. The maximum absolute atomic E-state index is 12.9. The Bertz CT molecular complexity index is 971. The van der Waals surface area contributed by atoms with E-state index >= 15 is 0 Å². The van der Waals surface area contributed by atoms with Gasteiger partial charge in [-0.3, -0.25) is 4.79 Å². The Kier molecular flexibility index (Phi) is 6.37. The van der Waals surface area contributed by atoms with Crippen LogP contribution in [0.2, 0.25) is 5.02 Å². The summed E-state index contributed by atoms with van der Waals surface area (Å²) >= 11 is 6.16. The normalized spacial score (nSPS) is 15.8. The molecule has 1 saturated heterocycles. The highest BCUT2D eigenvalue weighted by Gasteiger charge is 2.21. The van der Waals surface area contributed by atoms with E-state index in [4.69, 9.17) is 11.6 Å². The van der Waals surface area contributed by atoms with Gasteiger partial charge in [0.1, 0.15) is 0 Å². The molecule has 4 heteroatoms. The Balaban J connectivity index is 1.26. The summed E-state index contributed by atoms with van der Waals surface area (Å²) in [6, 6.07) is 16.5. The molecular weight excluding hydrogens is 380 g/mol. The number of fused-ring (bicyclic) bond motifs is 1. The van der Waals surface area contributed by atoms with Crippen LogP contribution in [0.15, 0.2) is 54.7 Å². The summed E-state index contributed by atoms with van der Waals surface area (Å²) in [7, 11) is 1.98. The van der Waals surface area contributed by atoms with Gasteiger partial charge >= 0.3 is 0 Å². The Labute approximate surface area is 178 Å². The molecule has 152 valence electrons. The SMILES string of the molecule is Cn1cc(C(=O)CCC2CCN(CCc3ccccc3)CC2)c2cc(Cl)ccc21. The fourth-order valence-corrected chi connectivity index (χ4v) is 4.66. The number of aromatic nitrogens is 1. The van der Waals surface area contributed by atoms with Crippen molar-refractivity contribution in [1.29, 1.82) is 0 Å². The average Bonchev–Trinajstić information content (AvgIpc) is 3.07. The first-order valence-electron chi connectivity index (χ1n) is 10.6. The number of rotatable bonds is 7. The summed E-state index contributed by atoms with van der Waals surface area (Å²) in [5, 5.41) is 1.65. The smallest absolute Gasteiger partial charge is 0.165 e. The number of Topliss-reactive ketones (excluding diaryl/α,β-unsaturated/α-hetero) is 1. The number of ketones is 1. The van der Waals surface area contributed by atoms with E-state index in [-0.39, 0.29) is 5.78 Å². The van der Waals surface area contributed by atoms with Crippen molar-refractivity contribution in [3.8, 4) is 0 Å². The number of likely N-dealkylation sites (tertiary alicyclic amines) is 1. The van der Waals surface area contributed by atoms with E-state index in [1.807, 2.05) is 36.0 Å². The van der Waals surface area contributed by atoms with Gasteiger partial charge in [-0.1, -0.05) is 41.9 Å². The minimum absolute atomic E-state index is 0.240. The summed E-state index contributed by atoms with van der Waals surface area (Å²) in [5.41, 5.74) is 3.28. The molecule has 3 aromatic rings. The fraction of sp³-hybridized carbons (Fsp3) is 0.400. The summed E-state index contributed by atoms with van der Waals surface area (Å²) in [6.07, 6.45) is 7.08. The third kappa shape index (κ3) is 4.91. The van der Waals surface area contributed by atoms with Crippen molar-refractivity contribution in [3.05, 3.63) is 70.9 Å². The van der Waals surface area contributed by atoms with Crippen molar-refractivity contribution in [2.45, 2.75) is 32.1 Å². The molecule has 0 spiro atoms. The van der Waals surface area contributed by atoms with Crippen LogP contribution in [0.25, 0.3) is 10.9 Å². The zero-order chi connectivity index (χ0) is 20.2. The quantitative estimate of drug-likeness (QED) is 0.465.